The molecule has 2 fully saturated rings. The van der Waals surface area contributed by atoms with Gasteiger partial charge in [-0.1, -0.05) is 6.07 Å². The van der Waals surface area contributed by atoms with Crippen molar-refractivity contribution in [2.45, 2.75) is 51.1 Å². The lowest BCUT2D eigenvalue weighted by atomic mass is 9.94. The molecule has 1 aromatic heterocycles. The van der Waals surface area contributed by atoms with Gasteiger partial charge in [-0.3, -0.25) is 0 Å². The van der Waals surface area contributed by atoms with Crippen molar-refractivity contribution in [3.8, 4) is 0 Å². The lowest BCUT2D eigenvalue weighted by molar-refractivity contribution is 0.376. The summed E-state index contributed by atoms with van der Waals surface area (Å²) in [6, 6.07) is 7.70. The standard InChI is InChI=1S/C15H23N3/c1-12-6-4-9-15(17-12)18-11-3-2-8-14(18)13-7-5-10-16-13/h4,6,9,13-14,16H,2-3,5,7-8,10-11H2,1H3. The molecule has 3 heteroatoms. The van der Waals surface area contributed by atoms with E-state index in [0.29, 0.717) is 12.1 Å². The summed E-state index contributed by atoms with van der Waals surface area (Å²) in [5, 5.41) is 3.67. The molecule has 18 heavy (non-hydrogen) atoms. The first-order valence-corrected chi connectivity index (χ1v) is 7.28. The third-order valence-corrected chi connectivity index (χ3v) is 4.28. The molecule has 0 amide bonds. The van der Waals surface area contributed by atoms with E-state index in [0.717, 1.165) is 5.69 Å². The van der Waals surface area contributed by atoms with Crippen molar-refractivity contribution in [3.63, 3.8) is 0 Å². The van der Waals surface area contributed by atoms with Gasteiger partial charge in [0.2, 0.25) is 0 Å². The normalized spacial score (nSPS) is 28.6. The van der Waals surface area contributed by atoms with Crippen molar-refractivity contribution in [2.75, 3.05) is 18.0 Å². The first kappa shape index (κ1) is 12.0. The molecule has 3 rings (SSSR count). The molecule has 0 spiro atoms. The van der Waals surface area contributed by atoms with Crippen LogP contribution in [0.2, 0.25) is 0 Å². The average molecular weight is 245 g/mol. The molecule has 2 unspecified atom stereocenters. The van der Waals surface area contributed by atoms with Crippen LogP contribution in [0.15, 0.2) is 18.2 Å². The number of nitrogens with zero attached hydrogens (tertiary/aromatic N) is 2. The van der Waals surface area contributed by atoms with Crippen LogP contribution < -0.4 is 10.2 Å². The fraction of sp³-hybridized carbons (Fsp3) is 0.667. The molecule has 2 saturated heterocycles. The van der Waals surface area contributed by atoms with Gasteiger partial charge in [-0.2, -0.15) is 0 Å². The van der Waals surface area contributed by atoms with Crippen LogP contribution in [-0.2, 0) is 0 Å². The van der Waals surface area contributed by atoms with Gasteiger partial charge in [0.15, 0.2) is 0 Å². The zero-order valence-corrected chi connectivity index (χ0v) is 11.2. The van der Waals surface area contributed by atoms with E-state index < -0.39 is 0 Å². The summed E-state index contributed by atoms with van der Waals surface area (Å²) in [5.74, 6) is 1.17. The van der Waals surface area contributed by atoms with E-state index in [1.165, 1.54) is 51.0 Å². The molecule has 3 nitrogen and oxygen atoms in total. The minimum atomic E-state index is 0.649. The maximum absolute atomic E-state index is 4.72. The topological polar surface area (TPSA) is 28.2 Å². The smallest absolute Gasteiger partial charge is 0.129 e. The van der Waals surface area contributed by atoms with Crippen molar-refractivity contribution >= 4 is 5.82 Å². The number of piperidine rings is 1. The highest BCUT2D eigenvalue weighted by atomic mass is 15.2. The van der Waals surface area contributed by atoms with Crippen molar-refractivity contribution in [3.05, 3.63) is 23.9 Å². The molecule has 0 aromatic carbocycles. The van der Waals surface area contributed by atoms with E-state index in [1.54, 1.807) is 0 Å². The molecular formula is C15H23N3. The first-order valence-electron chi connectivity index (χ1n) is 7.28. The highest BCUT2D eigenvalue weighted by Gasteiger charge is 2.32. The van der Waals surface area contributed by atoms with Gasteiger partial charge in [0.1, 0.15) is 5.82 Å². The van der Waals surface area contributed by atoms with Crippen LogP contribution >= 0.6 is 0 Å². The third-order valence-electron chi connectivity index (χ3n) is 4.28. The molecule has 0 bridgehead atoms. The maximum atomic E-state index is 4.72. The van der Waals surface area contributed by atoms with Crippen molar-refractivity contribution in [2.24, 2.45) is 0 Å². The molecule has 3 heterocycles. The molecule has 98 valence electrons. The summed E-state index contributed by atoms with van der Waals surface area (Å²) in [7, 11) is 0. The molecule has 1 N–H and O–H groups in total. The Labute approximate surface area is 110 Å². The summed E-state index contributed by atoms with van der Waals surface area (Å²) >= 11 is 0. The van der Waals surface area contributed by atoms with E-state index in [1.807, 2.05) is 0 Å². The lowest BCUT2D eigenvalue weighted by Gasteiger charge is -2.40. The number of rotatable bonds is 2. The van der Waals surface area contributed by atoms with Crippen LogP contribution in [0, 0.1) is 6.92 Å². The van der Waals surface area contributed by atoms with Gasteiger partial charge in [0.05, 0.1) is 0 Å². The Kier molecular flexibility index (Phi) is 3.50. The van der Waals surface area contributed by atoms with Crippen LogP contribution in [0.25, 0.3) is 0 Å². The second-order valence-electron chi connectivity index (χ2n) is 5.60. The minimum Gasteiger partial charge on any atom is -0.352 e. The summed E-state index contributed by atoms with van der Waals surface area (Å²) in [6.07, 6.45) is 6.64. The molecular weight excluding hydrogens is 222 g/mol. The van der Waals surface area contributed by atoms with Gasteiger partial charge in [-0.25, -0.2) is 4.98 Å². The quantitative estimate of drug-likeness (QED) is 0.867. The zero-order chi connectivity index (χ0) is 12.4. The summed E-state index contributed by atoms with van der Waals surface area (Å²) < 4.78 is 0. The van der Waals surface area contributed by atoms with Crippen molar-refractivity contribution in [1.29, 1.82) is 0 Å². The Balaban J connectivity index is 1.82. The number of hydrogen-bond acceptors (Lipinski definition) is 3. The fourth-order valence-corrected chi connectivity index (χ4v) is 3.39. The van der Waals surface area contributed by atoms with E-state index in [4.69, 9.17) is 4.98 Å². The number of pyridine rings is 1. The largest absolute Gasteiger partial charge is 0.352 e. The van der Waals surface area contributed by atoms with Gasteiger partial charge in [-0.15, -0.1) is 0 Å². The van der Waals surface area contributed by atoms with E-state index in [2.05, 4.69) is 35.3 Å². The second-order valence-corrected chi connectivity index (χ2v) is 5.60. The SMILES string of the molecule is Cc1cccc(N2CCCCC2C2CCCN2)n1. The first-order chi connectivity index (χ1) is 8.84. The van der Waals surface area contributed by atoms with E-state index >= 15 is 0 Å². The minimum absolute atomic E-state index is 0.649. The molecule has 2 aliphatic heterocycles. The van der Waals surface area contributed by atoms with Crippen molar-refractivity contribution < 1.29 is 0 Å². The Morgan fingerprint density at radius 1 is 1.22 bits per heavy atom. The Bertz CT molecular complexity index is 398. The zero-order valence-electron chi connectivity index (χ0n) is 11.2. The monoisotopic (exact) mass is 245 g/mol. The maximum Gasteiger partial charge on any atom is 0.129 e. The predicted molar refractivity (Wildman–Crippen MR) is 75.0 cm³/mol. The summed E-state index contributed by atoms with van der Waals surface area (Å²) in [5.41, 5.74) is 1.12. The van der Waals surface area contributed by atoms with Crippen LogP contribution in [-0.4, -0.2) is 30.2 Å². The Hall–Kier alpha value is -1.09. The van der Waals surface area contributed by atoms with Gasteiger partial charge in [0, 0.05) is 24.3 Å². The highest BCUT2D eigenvalue weighted by Crippen LogP contribution is 2.28. The number of aromatic nitrogens is 1. The molecule has 1 aromatic rings. The van der Waals surface area contributed by atoms with Crippen molar-refractivity contribution in [1.82, 2.24) is 10.3 Å². The number of hydrogen-bond donors (Lipinski definition) is 1. The van der Waals surface area contributed by atoms with Crippen LogP contribution in [0.4, 0.5) is 5.82 Å². The van der Waals surface area contributed by atoms with Gasteiger partial charge in [-0.05, 0) is 57.7 Å². The van der Waals surface area contributed by atoms with Crippen LogP contribution in [0.1, 0.15) is 37.8 Å². The highest BCUT2D eigenvalue weighted by molar-refractivity contribution is 5.41. The predicted octanol–water partition coefficient (Wildman–Crippen LogP) is 2.50. The van der Waals surface area contributed by atoms with E-state index in [9.17, 15) is 0 Å². The Morgan fingerprint density at radius 2 is 2.17 bits per heavy atom. The molecule has 2 atom stereocenters. The van der Waals surface area contributed by atoms with Gasteiger partial charge >= 0.3 is 0 Å². The summed E-state index contributed by atoms with van der Waals surface area (Å²) in [4.78, 5) is 7.26. The third kappa shape index (κ3) is 2.37. The molecule has 2 aliphatic rings. The molecule has 0 radical (unpaired) electrons. The number of aryl methyl sites for hydroxylation is 1. The summed E-state index contributed by atoms with van der Waals surface area (Å²) in [6.45, 7) is 4.44. The lowest BCUT2D eigenvalue weighted by Crippen LogP contribution is -2.50. The second kappa shape index (κ2) is 5.27. The van der Waals surface area contributed by atoms with Gasteiger partial charge < -0.3 is 10.2 Å². The van der Waals surface area contributed by atoms with Crippen LogP contribution in [0.3, 0.4) is 0 Å². The Morgan fingerprint density at radius 3 is 2.94 bits per heavy atom. The average Bonchev–Trinajstić information content (AvgIpc) is 2.92. The molecule has 0 saturated carbocycles. The fourth-order valence-electron chi connectivity index (χ4n) is 3.39. The van der Waals surface area contributed by atoms with Gasteiger partial charge in [0.25, 0.3) is 0 Å². The molecule has 0 aliphatic carbocycles. The van der Waals surface area contributed by atoms with Crippen LogP contribution in [0.5, 0.6) is 0 Å². The number of anilines is 1. The van der Waals surface area contributed by atoms with E-state index in [-0.39, 0.29) is 0 Å². The number of nitrogens with one attached hydrogen (secondary N) is 1.